The van der Waals surface area contributed by atoms with Crippen molar-refractivity contribution in [1.82, 2.24) is 10.2 Å². The van der Waals surface area contributed by atoms with Gasteiger partial charge in [0.05, 0.1) is 5.92 Å². The normalized spacial score (nSPS) is 22.6. The fourth-order valence-corrected chi connectivity index (χ4v) is 3.41. The lowest BCUT2D eigenvalue weighted by molar-refractivity contribution is -0.126. The van der Waals surface area contributed by atoms with Crippen molar-refractivity contribution in [3.63, 3.8) is 0 Å². The third kappa shape index (κ3) is 3.96. The molecule has 0 bridgehead atoms. The van der Waals surface area contributed by atoms with Crippen LogP contribution in [0.3, 0.4) is 0 Å². The highest BCUT2D eigenvalue weighted by Gasteiger charge is 2.31. The number of amides is 1. The molecule has 1 saturated heterocycles. The zero-order chi connectivity index (χ0) is 15.4. The first-order valence-electron chi connectivity index (χ1n) is 7.49. The molecule has 1 aliphatic rings. The summed E-state index contributed by atoms with van der Waals surface area (Å²) in [4.78, 5) is 14.2. The first kappa shape index (κ1) is 16.3. The summed E-state index contributed by atoms with van der Waals surface area (Å²) in [5.41, 5.74) is 7.34. The predicted molar refractivity (Wildman–Crippen MR) is 86.2 cm³/mol. The molecule has 2 rings (SSSR count). The van der Waals surface area contributed by atoms with Gasteiger partial charge in [0, 0.05) is 30.7 Å². The van der Waals surface area contributed by atoms with E-state index >= 15 is 0 Å². The number of benzene rings is 1. The summed E-state index contributed by atoms with van der Waals surface area (Å²) in [5.74, 6) is 0.165. The number of nitrogens with two attached hydrogens (primary N) is 1. The molecule has 0 aliphatic carbocycles. The van der Waals surface area contributed by atoms with Gasteiger partial charge in [0.25, 0.3) is 0 Å². The van der Waals surface area contributed by atoms with E-state index in [1.165, 1.54) is 0 Å². The monoisotopic (exact) mass is 309 g/mol. The quantitative estimate of drug-likeness (QED) is 0.896. The van der Waals surface area contributed by atoms with E-state index in [0.717, 1.165) is 36.5 Å². The van der Waals surface area contributed by atoms with E-state index in [4.69, 9.17) is 17.3 Å². The second-order valence-electron chi connectivity index (χ2n) is 5.81. The van der Waals surface area contributed by atoms with Crippen molar-refractivity contribution in [2.75, 3.05) is 20.1 Å². The average molecular weight is 310 g/mol. The van der Waals surface area contributed by atoms with E-state index in [-0.39, 0.29) is 23.9 Å². The van der Waals surface area contributed by atoms with Gasteiger partial charge >= 0.3 is 0 Å². The number of carbonyl (C=O) groups is 1. The Labute approximate surface area is 131 Å². The number of carbonyl (C=O) groups excluding carboxylic acids is 1. The van der Waals surface area contributed by atoms with Crippen LogP contribution in [0.15, 0.2) is 24.3 Å². The number of halogens is 1. The lowest BCUT2D eigenvalue weighted by Gasteiger charge is -2.39. The van der Waals surface area contributed by atoms with Crippen LogP contribution < -0.4 is 11.1 Å². The minimum absolute atomic E-state index is 0.0214. The Morgan fingerprint density at radius 1 is 1.52 bits per heavy atom. The SMILES string of the molecule is CNC(=O)C1CCCN(C(c2cccc(Cl)c2)C(C)N)C1. The molecule has 0 spiro atoms. The molecule has 1 aromatic rings. The van der Waals surface area contributed by atoms with Crippen molar-refractivity contribution in [3.05, 3.63) is 34.9 Å². The molecule has 0 radical (unpaired) electrons. The van der Waals surface area contributed by atoms with Crippen LogP contribution in [-0.4, -0.2) is 37.0 Å². The van der Waals surface area contributed by atoms with E-state index in [0.29, 0.717) is 0 Å². The lowest BCUT2D eigenvalue weighted by Crippen LogP contribution is -2.47. The van der Waals surface area contributed by atoms with Crippen LogP contribution in [0.2, 0.25) is 5.02 Å². The highest BCUT2D eigenvalue weighted by atomic mass is 35.5. The summed E-state index contributed by atoms with van der Waals surface area (Å²) < 4.78 is 0. The van der Waals surface area contributed by atoms with Gasteiger partial charge in [-0.25, -0.2) is 0 Å². The van der Waals surface area contributed by atoms with Crippen LogP contribution in [0, 0.1) is 5.92 Å². The molecule has 1 aromatic carbocycles. The number of likely N-dealkylation sites (tertiary alicyclic amines) is 1. The van der Waals surface area contributed by atoms with Crippen molar-refractivity contribution in [2.24, 2.45) is 11.7 Å². The molecular formula is C16H24ClN3O. The Balaban J connectivity index is 2.20. The standard InChI is InChI=1S/C16H24ClN3O/c1-11(18)15(12-5-3-7-14(17)9-12)20-8-4-6-13(10-20)16(21)19-2/h3,5,7,9,11,13,15H,4,6,8,10,18H2,1-2H3,(H,19,21). The molecule has 1 amide bonds. The third-order valence-electron chi connectivity index (χ3n) is 4.15. The Hall–Kier alpha value is -1.10. The van der Waals surface area contributed by atoms with Crippen molar-refractivity contribution in [1.29, 1.82) is 0 Å². The Bertz CT molecular complexity index is 492. The second-order valence-corrected chi connectivity index (χ2v) is 6.24. The van der Waals surface area contributed by atoms with Crippen LogP contribution >= 0.6 is 11.6 Å². The first-order chi connectivity index (χ1) is 10.0. The van der Waals surface area contributed by atoms with Crippen molar-refractivity contribution in [2.45, 2.75) is 31.8 Å². The molecule has 0 aromatic heterocycles. The molecule has 3 N–H and O–H groups in total. The highest BCUT2D eigenvalue weighted by molar-refractivity contribution is 6.30. The van der Waals surface area contributed by atoms with E-state index in [1.54, 1.807) is 7.05 Å². The van der Waals surface area contributed by atoms with E-state index in [1.807, 2.05) is 25.1 Å². The maximum absolute atomic E-state index is 11.9. The van der Waals surface area contributed by atoms with Crippen molar-refractivity contribution < 1.29 is 4.79 Å². The number of hydrogen-bond donors (Lipinski definition) is 2. The van der Waals surface area contributed by atoms with Gasteiger partial charge in [-0.1, -0.05) is 23.7 Å². The van der Waals surface area contributed by atoms with Crippen LogP contribution in [-0.2, 0) is 4.79 Å². The highest BCUT2D eigenvalue weighted by Crippen LogP contribution is 2.30. The van der Waals surface area contributed by atoms with E-state index < -0.39 is 0 Å². The van der Waals surface area contributed by atoms with Crippen LogP contribution in [0.25, 0.3) is 0 Å². The Morgan fingerprint density at radius 2 is 2.29 bits per heavy atom. The summed E-state index contributed by atoms with van der Waals surface area (Å²) in [5, 5.41) is 3.47. The number of rotatable bonds is 4. The molecular weight excluding hydrogens is 286 g/mol. The van der Waals surface area contributed by atoms with Gasteiger partial charge in [-0.15, -0.1) is 0 Å². The number of nitrogens with zero attached hydrogens (tertiary/aromatic N) is 1. The molecule has 0 saturated carbocycles. The molecule has 116 valence electrons. The Kier molecular flexibility index (Phi) is 5.62. The van der Waals surface area contributed by atoms with Gasteiger partial charge in [0.15, 0.2) is 0 Å². The maximum atomic E-state index is 11.9. The third-order valence-corrected chi connectivity index (χ3v) is 4.39. The largest absolute Gasteiger partial charge is 0.359 e. The number of hydrogen-bond acceptors (Lipinski definition) is 3. The van der Waals surface area contributed by atoms with E-state index in [9.17, 15) is 4.79 Å². The molecule has 1 heterocycles. The second kappa shape index (κ2) is 7.25. The van der Waals surface area contributed by atoms with Gasteiger partial charge < -0.3 is 11.1 Å². The smallest absolute Gasteiger partial charge is 0.224 e. The van der Waals surface area contributed by atoms with Gasteiger partial charge in [-0.3, -0.25) is 9.69 Å². The molecule has 1 aliphatic heterocycles. The summed E-state index contributed by atoms with van der Waals surface area (Å²) in [6.07, 6.45) is 1.96. The average Bonchev–Trinajstić information content (AvgIpc) is 2.46. The zero-order valence-electron chi connectivity index (χ0n) is 12.7. The van der Waals surface area contributed by atoms with Crippen LogP contribution in [0.4, 0.5) is 0 Å². The van der Waals surface area contributed by atoms with Gasteiger partial charge in [0.1, 0.15) is 0 Å². The van der Waals surface area contributed by atoms with Gasteiger partial charge in [0.2, 0.25) is 5.91 Å². The molecule has 21 heavy (non-hydrogen) atoms. The van der Waals surface area contributed by atoms with Crippen molar-refractivity contribution in [3.8, 4) is 0 Å². The molecule has 3 atom stereocenters. The molecule has 4 nitrogen and oxygen atoms in total. The minimum Gasteiger partial charge on any atom is -0.359 e. The Morgan fingerprint density at radius 3 is 2.90 bits per heavy atom. The maximum Gasteiger partial charge on any atom is 0.224 e. The molecule has 1 fully saturated rings. The molecule has 5 heteroatoms. The summed E-state index contributed by atoms with van der Waals surface area (Å²) in [6.45, 7) is 3.72. The minimum atomic E-state index is -0.0214. The van der Waals surface area contributed by atoms with Crippen LogP contribution in [0.5, 0.6) is 0 Å². The van der Waals surface area contributed by atoms with Gasteiger partial charge in [-0.2, -0.15) is 0 Å². The van der Waals surface area contributed by atoms with E-state index in [2.05, 4.69) is 16.3 Å². The summed E-state index contributed by atoms with van der Waals surface area (Å²) in [7, 11) is 1.70. The van der Waals surface area contributed by atoms with Crippen molar-refractivity contribution >= 4 is 17.5 Å². The fraction of sp³-hybridized carbons (Fsp3) is 0.562. The molecule has 3 unspecified atom stereocenters. The number of piperidine rings is 1. The topological polar surface area (TPSA) is 58.4 Å². The summed E-state index contributed by atoms with van der Waals surface area (Å²) >= 11 is 6.11. The van der Waals surface area contributed by atoms with Crippen LogP contribution in [0.1, 0.15) is 31.4 Å². The lowest BCUT2D eigenvalue weighted by atomic mass is 9.92. The van der Waals surface area contributed by atoms with Gasteiger partial charge in [-0.05, 0) is 44.0 Å². The first-order valence-corrected chi connectivity index (χ1v) is 7.87. The number of nitrogens with one attached hydrogen (secondary N) is 1. The zero-order valence-corrected chi connectivity index (χ0v) is 13.4. The summed E-state index contributed by atoms with van der Waals surface area (Å²) in [6, 6.07) is 7.92. The predicted octanol–water partition coefficient (Wildman–Crippen LogP) is 2.19. The fourth-order valence-electron chi connectivity index (χ4n) is 3.21.